The second-order valence-electron chi connectivity index (χ2n) is 3.65. The molecule has 0 rings (SSSR count). The highest BCUT2D eigenvalue weighted by molar-refractivity contribution is 4.84. The average Bonchev–Trinajstić information content (AvgIpc) is 2.33. The molecule has 0 fully saturated rings. The van der Waals surface area contributed by atoms with Gasteiger partial charge in [0.25, 0.3) is 0 Å². The van der Waals surface area contributed by atoms with Crippen LogP contribution in [0.15, 0.2) is 0 Å². The number of hydrogen-bond acceptors (Lipinski definition) is 6. The highest BCUT2D eigenvalue weighted by Gasteiger charge is 2.34. The Kier molecular flexibility index (Phi) is 9.62. The van der Waals surface area contributed by atoms with Crippen molar-refractivity contribution in [2.75, 3.05) is 48.8 Å². The number of aliphatic hydroxyl groups is 1. The first-order valence-corrected chi connectivity index (χ1v) is 5.40. The Bertz CT molecular complexity index is 177. The van der Waals surface area contributed by atoms with E-state index in [2.05, 4.69) is 0 Å². The highest BCUT2D eigenvalue weighted by Crippen LogP contribution is 2.15. The van der Waals surface area contributed by atoms with Crippen LogP contribution >= 0.6 is 0 Å². The first kappa shape index (κ1) is 16.8. The van der Waals surface area contributed by atoms with Crippen molar-refractivity contribution in [2.24, 2.45) is 0 Å². The third kappa shape index (κ3) is 5.29. The van der Waals surface area contributed by atoms with Crippen molar-refractivity contribution in [3.05, 3.63) is 0 Å². The zero-order chi connectivity index (χ0) is 13.3. The van der Waals surface area contributed by atoms with E-state index in [1.54, 1.807) is 14.2 Å². The smallest absolute Gasteiger partial charge is 0.114 e. The number of methoxy groups -OCH3 is 5. The molecule has 1 N–H and O–H groups in total. The minimum Gasteiger partial charge on any atom is -0.388 e. The van der Waals surface area contributed by atoms with Gasteiger partial charge in [0.2, 0.25) is 0 Å². The Balaban J connectivity index is 4.64. The number of hydrogen-bond donors (Lipinski definition) is 1. The van der Waals surface area contributed by atoms with Gasteiger partial charge in [-0.25, -0.2) is 0 Å². The fourth-order valence-corrected chi connectivity index (χ4v) is 1.73. The predicted octanol–water partition coefficient (Wildman–Crippen LogP) is -0.315. The van der Waals surface area contributed by atoms with E-state index in [0.29, 0.717) is 6.61 Å². The van der Waals surface area contributed by atoms with Gasteiger partial charge in [0, 0.05) is 35.5 Å². The Morgan fingerprint density at radius 1 is 0.765 bits per heavy atom. The van der Waals surface area contributed by atoms with Gasteiger partial charge in [-0.3, -0.25) is 0 Å². The van der Waals surface area contributed by atoms with Gasteiger partial charge in [0.05, 0.1) is 13.2 Å². The molecule has 0 saturated carbocycles. The first-order chi connectivity index (χ1) is 8.15. The van der Waals surface area contributed by atoms with E-state index >= 15 is 0 Å². The lowest BCUT2D eigenvalue weighted by atomic mass is 10.0. The summed E-state index contributed by atoms with van der Waals surface area (Å²) in [7, 11) is 7.70. The normalized spacial score (nSPS) is 18.7. The van der Waals surface area contributed by atoms with Crippen molar-refractivity contribution in [1.29, 1.82) is 0 Å². The summed E-state index contributed by atoms with van der Waals surface area (Å²) < 4.78 is 25.8. The van der Waals surface area contributed by atoms with Crippen LogP contribution in [-0.4, -0.2) is 78.3 Å². The minimum atomic E-state index is -0.788. The van der Waals surface area contributed by atoms with Crippen LogP contribution in [0.3, 0.4) is 0 Å². The summed E-state index contributed by atoms with van der Waals surface area (Å²) in [5, 5.41) is 9.90. The molecule has 6 heteroatoms. The lowest BCUT2D eigenvalue weighted by molar-refractivity contribution is -0.160. The zero-order valence-electron chi connectivity index (χ0n) is 11.2. The predicted molar refractivity (Wildman–Crippen MR) is 62.1 cm³/mol. The van der Waals surface area contributed by atoms with Crippen LogP contribution in [-0.2, 0) is 23.7 Å². The van der Waals surface area contributed by atoms with Crippen LogP contribution in [0.2, 0.25) is 0 Å². The molecule has 0 aromatic heterocycles. The lowest BCUT2D eigenvalue weighted by Crippen LogP contribution is -2.50. The molecule has 0 aliphatic carbocycles. The zero-order valence-corrected chi connectivity index (χ0v) is 11.2. The van der Waals surface area contributed by atoms with Crippen molar-refractivity contribution < 1.29 is 28.8 Å². The third-order valence-electron chi connectivity index (χ3n) is 2.58. The number of ether oxygens (including phenoxy) is 5. The van der Waals surface area contributed by atoms with Crippen molar-refractivity contribution >= 4 is 0 Å². The molecule has 0 spiro atoms. The number of aliphatic hydroxyl groups excluding tert-OH is 1. The van der Waals surface area contributed by atoms with Crippen LogP contribution in [0.5, 0.6) is 0 Å². The van der Waals surface area contributed by atoms with E-state index in [9.17, 15) is 5.11 Å². The Morgan fingerprint density at radius 2 is 1.29 bits per heavy atom. The fourth-order valence-electron chi connectivity index (χ4n) is 1.73. The molecular weight excluding hydrogens is 228 g/mol. The van der Waals surface area contributed by atoms with Gasteiger partial charge in [-0.1, -0.05) is 0 Å². The van der Waals surface area contributed by atoms with Gasteiger partial charge in [0.15, 0.2) is 0 Å². The maximum Gasteiger partial charge on any atom is 0.114 e. The molecule has 4 atom stereocenters. The molecule has 0 unspecified atom stereocenters. The first-order valence-electron chi connectivity index (χ1n) is 5.40. The summed E-state index contributed by atoms with van der Waals surface area (Å²) in [6, 6.07) is 0. The number of rotatable bonds is 10. The molecule has 0 aliphatic rings. The second kappa shape index (κ2) is 9.76. The quantitative estimate of drug-likeness (QED) is 0.575. The molecule has 0 amide bonds. The molecule has 0 aliphatic heterocycles. The minimum absolute atomic E-state index is 0.168. The van der Waals surface area contributed by atoms with Crippen molar-refractivity contribution in [3.63, 3.8) is 0 Å². The molecule has 6 nitrogen and oxygen atoms in total. The monoisotopic (exact) mass is 252 g/mol. The van der Waals surface area contributed by atoms with Crippen molar-refractivity contribution in [2.45, 2.75) is 24.4 Å². The maximum absolute atomic E-state index is 9.90. The topological polar surface area (TPSA) is 66.4 Å². The van der Waals surface area contributed by atoms with Crippen LogP contribution < -0.4 is 0 Å². The second-order valence-corrected chi connectivity index (χ2v) is 3.65. The summed E-state index contributed by atoms with van der Waals surface area (Å²) >= 11 is 0. The van der Waals surface area contributed by atoms with Gasteiger partial charge in [-0.2, -0.15) is 0 Å². The van der Waals surface area contributed by atoms with Crippen LogP contribution in [0.1, 0.15) is 0 Å². The van der Waals surface area contributed by atoms with Crippen molar-refractivity contribution in [3.8, 4) is 0 Å². The summed E-state index contributed by atoms with van der Waals surface area (Å²) in [4.78, 5) is 0. The van der Waals surface area contributed by atoms with Gasteiger partial charge >= 0.3 is 0 Å². The van der Waals surface area contributed by atoms with E-state index in [-0.39, 0.29) is 12.7 Å². The molecular formula is C11H24O6. The SMILES string of the molecule is COC[C@@H](O)[C@@H](OC)[C@H](OC)[C@H](COC)OC. The van der Waals surface area contributed by atoms with Gasteiger partial charge in [-0.05, 0) is 0 Å². The average molecular weight is 252 g/mol. The summed E-state index contributed by atoms with van der Waals surface area (Å²) in [6.07, 6.45) is -2.08. The van der Waals surface area contributed by atoms with Gasteiger partial charge in [-0.15, -0.1) is 0 Å². The van der Waals surface area contributed by atoms with E-state index in [0.717, 1.165) is 0 Å². The van der Waals surface area contributed by atoms with E-state index < -0.39 is 18.3 Å². The van der Waals surface area contributed by atoms with Crippen molar-refractivity contribution in [1.82, 2.24) is 0 Å². The summed E-state index contributed by atoms with van der Waals surface area (Å²) in [5.74, 6) is 0. The van der Waals surface area contributed by atoms with E-state index in [4.69, 9.17) is 23.7 Å². The maximum atomic E-state index is 9.90. The van der Waals surface area contributed by atoms with E-state index in [1.165, 1.54) is 21.3 Å². The van der Waals surface area contributed by atoms with Crippen LogP contribution in [0.4, 0.5) is 0 Å². The van der Waals surface area contributed by atoms with Crippen LogP contribution in [0.25, 0.3) is 0 Å². The van der Waals surface area contributed by atoms with Gasteiger partial charge < -0.3 is 28.8 Å². The molecule has 0 aromatic rings. The van der Waals surface area contributed by atoms with E-state index in [1.807, 2.05) is 0 Å². The Hall–Kier alpha value is -0.240. The third-order valence-corrected chi connectivity index (χ3v) is 2.58. The Morgan fingerprint density at radius 3 is 1.65 bits per heavy atom. The van der Waals surface area contributed by atoms with Gasteiger partial charge in [0.1, 0.15) is 24.4 Å². The molecule has 17 heavy (non-hydrogen) atoms. The molecule has 0 saturated heterocycles. The highest BCUT2D eigenvalue weighted by atomic mass is 16.6. The summed E-state index contributed by atoms with van der Waals surface area (Å²) in [5.41, 5.74) is 0. The largest absolute Gasteiger partial charge is 0.388 e. The fraction of sp³-hybridized carbons (Fsp3) is 1.00. The van der Waals surface area contributed by atoms with Crippen LogP contribution in [0, 0.1) is 0 Å². The molecule has 0 radical (unpaired) electrons. The standard InChI is InChI=1S/C11H24O6/c1-13-6-8(12)10(16-4)11(17-5)9(15-3)7-14-2/h8-12H,6-7H2,1-5H3/t8-,9+,10-,11-/m1/s1. The summed E-state index contributed by atoms with van der Waals surface area (Å²) in [6.45, 7) is 0.524. The molecule has 0 aromatic carbocycles. The molecule has 0 heterocycles. The molecule has 0 bridgehead atoms. The molecule has 104 valence electrons. The lowest BCUT2D eigenvalue weighted by Gasteiger charge is -2.33. The Labute approximate surface area is 103 Å².